The molecule has 0 spiro atoms. The van der Waals surface area contributed by atoms with E-state index in [0.29, 0.717) is 6.54 Å². The lowest BCUT2D eigenvalue weighted by Gasteiger charge is -2.21. The van der Waals surface area contributed by atoms with Crippen molar-refractivity contribution in [2.75, 3.05) is 6.61 Å². The van der Waals surface area contributed by atoms with Crippen LogP contribution in [0.25, 0.3) is 0 Å². The fourth-order valence-corrected chi connectivity index (χ4v) is 3.23. The van der Waals surface area contributed by atoms with Gasteiger partial charge in [0.2, 0.25) is 5.78 Å². The number of esters is 1. The molecule has 8 nitrogen and oxygen atoms in total. The Morgan fingerprint density at radius 3 is 2.66 bits per heavy atom. The molecule has 0 aromatic heterocycles. The van der Waals surface area contributed by atoms with Crippen LogP contribution in [0.2, 0.25) is 5.02 Å². The number of hydrogen-bond donors (Lipinski definition) is 0. The molecule has 1 unspecified atom stereocenters. The molecule has 0 saturated heterocycles. The van der Waals surface area contributed by atoms with Gasteiger partial charge in [0.25, 0.3) is 5.69 Å². The first-order valence-corrected chi connectivity index (χ1v) is 9.31. The van der Waals surface area contributed by atoms with Gasteiger partial charge in [0.05, 0.1) is 18.1 Å². The van der Waals surface area contributed by atoms with Crippen LogP contribution in [0.3, 0.4) is 0 Å². The Labute approximate surface area is 171 Å². The second-order valence-corrected chi connectivity index (χ2v) is 6.79. The molecule has 0 N–H and O–H groups in total. The Kier molecular flexibility index (Phi) is 6.23. The maximum Gasteiger partial charge on any atom is 0.330 e. The number of hydrazone groups is 1. The van der Waals surface area contributed by atoms with E-state index in [0.717, 1.165) is 5.56 Å². The third-order valence-electron chi connectivity index (χ3n) is 4.40. The molecule has 2 aromatic carbocycles. The number of nitro benzene ring substituents is 1. The molecule has 0 aliphatic carbocycles. The SMILES string of the molecule is CCOC(=O)C1CC(C(=O)c2cc(Cl)ccc2[N+](=O)[O-])=NN1Cc1ccccc1. The van der Waals surface area contributed by atoms with Gasteiger partial charge in [0.15, 0.2) is 6.04 Å². The molecule has 1 heterocycles. The van der Waals surface area contributed by atoms with Crippen LogP contribution in [0, 0.1) is 10.1 Å². The summed E-state index contributed by atoms with van der Waals surface area (Å²) >= 11 is 5.93. The normalized spacial score (nSPS) is 15.7. The van der Waals surface area contributed by atoms with E-state index in [2.05, 4.69) is 5.10 Å². The topological polar surface area (TPSA) is 102 Å². The van der Waals surface area contributed by atoms with E-state index >= 15 is 0 Å². The highest BCUT2D eigenvalue weighted by Crippen LogP contribution is 2.27. The quantitative estimate of drug-likeness (QED) is 0.296. The van der Waals surface area contributed by atoms with Crippen molar-refractivity contribution in [1.29, 1.82) is 0 Å². The molecule has 1 aliphatic rings. The Morgan fingerprint density at radius 1 is 1.28 bits per heavy atom. The van der Waals surface area contributed by atoms with E-state index in [1.54, 1.807) is 6.92 Å². The predicted octanol–water partition coefficient (Wildman–Crippen LogP) is 3.62. The Hall–Kier alpha value is -3.26. The maximum atomic E-state index is 13.0. The van der Waals surface area contributed by atoms with Crippen LogP contribution in [0.4, 0.5) is 5.69 Å². The average molecular weight is 416 g/mol. The highest BCUT2D eigenvalue weighted by Gasteiger charge is 2.38. The van der Waals surface area contributed by atoms with Crippen molar-refractivity contribution in [3.63, 3.8) is 0 Å². The molecule has 2 aromatic rings. The summed E-state index contributed by atoms with van der Waals surface area (Å²) in [4.78, 5) is 36.0. The van der Waals surface area contributed by atoms with Crippen LogP contribution in [0.1, 0.15) is 29.3 Å². The van der Waals surface area contributed by atoms with Gasteiger partial charge >= 0.3 is 5.97 Å². The second kappa shape index (κ2) is 8.83. The lowest BCUT2D eigenvalue weighted by atomic mass is 10.0. The standard InChI is InChI=1S/C20H18ClN3O5/c1-2-29-20(26)18-11-16(22-23(18)12-13-6-4-3-5-7-13)19(25)15-10-14(21)8-9-17(15)24(27)28/h3-10,18H,2,11-12H2,1H3. The van der Waals surface area contributed by atoms with Crippen LogP contribution in [-0.2, 0) is 16.1 Å². The minimum Gasteiger partial charge on any atom is -0.464 e. The van der Waals surface area contributed by atoms with Gasteiger partial charge in [-0.15, -0.1) is 0 Å². The third kappa shape index (κ3) is 4.60. The minimum absolute atomic E-state index is 0.00579. The molecule has 3 rings (SSSR count). The van der Waals surface area contributed by atoms with E-state index < -0.39 is 22.7 Å². The Morgan fingerprint density at radius 2 is 2.00 bits per heavy atom. The number of halogens is 1. The average Bonchev–Trinajstić information content (AvgIpc) is 3.12. The second-order valence-electron chi connectivity index (χ2n) is 6.35. The number of carbonyl (C=O) groups excluding carboxylic acids is 2. The number of Topliss-reactive ketones (excluding diaryl/α,β-unsaturated/α-hetero) is 1. The number of nitrogens with zero attached hydrogens (tertiary/aromatic N) is 3. The molecule has 0 radical (unpaired) electrons. The summed E-state index contributed by atoms with van der Waals surface area (Å²) < 4.78 is 5.11. The monoisotopic (exact) mass is 415 g/mol. The first kappa shape index (κ1) is 20.5. The molecular weight excluding hydrogens is 398 g/mol. The molecule has 150 valence electrons. The minimum atomic E-state index is -0.785. The van der Waals surface area contributed by atoms with Gasteiger partial charge in [-0.3, -0.25) is 19.9 Å². The van der Waals surface area contributed by atoms with Gasteiger partial charge < -0.3 is 4.74 Å². The van der Waals surface area contributed by atoms with Crippen LogP contribution in [-0.4, -0.2) is 40.0 Å². The van der Waals surface area contributed by atoms with Crippen molar-refractivity contribution in [2.45, 2.75) is 25.9 Å². The molecule has 1 aliphatic heterocycles. The summed E-state index contributed by atoms with van der Waals surface area (Å²) in [6.07, 6.45) is -0.00579. The number of ether oxygens (including phenoxy) is 1. The summed E-state index contributed by atoms with van der Waals surface area (Å²) in [5.41, 5.74) is 0.416. The maximum absolute atomic E-state index is 13.0. The van der Waals surface area contributed by atoms with Gasteiger partial charge in [0, 0.05) is 17.5 Å². The van der Waals surface area contributed by atoms with Gasteiger partial charge in [-0.2, -0.15) is 5.10 Å². The molecule has 29 heavy (non-hydrogen) atoms. The lowest BCUT2D eigenvalue weighted by Crippen LogP contribution is -2.35. The molecule has 0 saturated carbocycles. The van der Waals surface area contributed by atoms with E-state index in [9.17, 15) is 19.7 Å². The van der Waals surface area contributed by atoms with Crippen molar-refractivity contribution in [2.24, 2.45) is 5.10 Å². The van der Waals surface area contributed by atoms with Gasteiger partial charge in [-0.1, -0.05) is 41.9 Å². The van der Waals surface area contributed by atoms with Crippen molar-refractivity contribution in [3.8, 4) is 0 Å². The lowest BCUT2D eigenvalue weighted by molar-refractivity contribution is -0.385. The first-order chi connectivity index (χ1) is 13.9. The zero-order valence-electron chi connectivity index (χ0n) is 15.6. The van der Waals surface area contributed by atoms with E-state index in [-0.39, 0.29) is 35.0 Å². The molecular formula is C20H18ClN3O5. The van der Waals surface area contributed by atoms with E-state index in [4.69, 9.17) is 16.3 Å². The number of carbonyl (C=O) groups is 2. The van der Waals surface area contributed by atoms with Gasteiger partial charge in [-0.25, -0.2) is 4.79 Å². The van der Waals surface area contributed by atoms with E-state index in [1.165, 1.54) is 23.2 Å². The summed E-state index contributed by atoms with van der Waals surface area (Å²) in [5, 5.41) is 17.3. The Bertz CT molecular complexity index is 977. The van der Waals surface area contributed by atoms with Crippen LogP contribution in [0.5, 0.6) is 0 Å². The van der Waals surface area contributed by atoms with Crippen LogP contribution in [0.15, 0.2) is 53.6 Å². The van der Waals surface area contributed by atoms with Gasteiger partial charge in [0.1, 0.15) is 11.3 Å². The zero-order valence-corrected chi connectivity index (χ0v) is 16.3. The summed E-state index contributed by atoms with van der Waals surface area (Å²) in [7, 11) is 0. The van der Waals surface area contributed by atoms with Crippen LogP contribution >= 0.6 is 11.6 Å². The van der Waals surface area contributed by atoms with Gasteiger partial charge in [-0.05, 0) is 24.6 Å². The largest absolute Gasteiger partial charge is 0.464 e. The fraction of sp³-hybridized carbons (Fsp3) is 0.250. The molecule has 9 heteroatoms. The fourth-order valence-electron chi connectivity index (χ4n) is 3.06. The van der Waals surface area contributed by atoms with Crippen LogP contribution < -0.4 is 0 Å². The highest BCUT2D eigenvalue weighted by molar-refractivity contribution is 6.48. The summed E-state index contributed by atoms with van der Waals surface area (Å²) in [6.45, 7) is 2.17. The predicted molar refractivity (Wildman–Crippen MR) is 107 cm³/mol. The number of nitro groups is 1. The van der Waals surface area contributed by atoms with Crippen molar-refractivity contribution in [3.05, 3.63) is 74.8 Å². The summed E-state index contributed by atoms with van der Waals surface area (Å²) in [6, 6.07) is 12.3. The molecule has 0 amide bonds. The highest BCUT2D eigenvalue weighted by atomic mass is 35.5. The van der Waals surface area contributed by atoms with Crippen molar-refractivity contribution < 1.29 is 19.2 Å². The van der Waals surface area contributed by atoms with E-state index in [1.807, 2.05) is 30.3 Å². The molecule has 0 fully saturated rings. The smallest absolute Gasteiger partial charge is 0.330 e. The summed E-state index contributed by atoms with van der Waals surface area (Å²) in [5.74, 6) is -1.14. The number of hydrogen-bond acceptors (Lipinski definition) is 7. The number of rotatable bonds is 7. The first-order valence-electron chi connectivity index (χ1n) is 8.94. The Balaban J connectivity index is 1.93. The molecule has 0 bridgehead atoms. The van der Waals surface area contributed by atoms with Crippen molar-refractivity contribution >= 4 is 34.8 Å². The molecule has 1 atom stereocenters. The number of ketones is 1. The number of benzene rings is 2. The zero-order chi connectivity index (χ0) is 21.0. The van der Waals surface area contributed by atoms with Crippen molar-refractivity contribution in [1.82, 2.24) is 5.01 Å². The third-order valence-corrected chi connectivity index (χ3v) is 4.64.